The van der Waals surface area contributed by atoms with E-state index in [0.717, 1.165) is 5.56 Å². The maximum Gasteiger partial charge on any atom is 0.515 e. The number of ether oxygens (including phenoxy) is 2. The molecule has 0 saturated carbocycles. The molecule has 1 aliphatic heterocycles. The predicted octanol–water partition coefficient (Wildman–Crippen LogP) is 2.14. The highest BCUT2D eigenvalue weighted by Crippen LogP contribution is 2.30. The fourth-order valence-corrected chi connectivity index (χ4v) is 1.32. The highest BCUT2D eigenvalue weighted by atomic mass is 16.8. The maximum absolute atomic E-state index is 10.8. The van der Waals surface area contributed by atoms with E-state index >= 15 is 0 Å². The van der Waals surface area contributed by atoms with Gasteiger partial charge in [-0.1, -0.05) is 30.3 Å². The van der Waals surface area contributed by atoms with Crippen molar-refractivity contribution >= 4 is 6.16 Å². The van der Waals surface area contributed by atoms with Crippen LogP contribution < -0.4 is 0 Å². The fourth-order valence-electron chi connectivity index (χ4n) is 1.32. The lowest BCUT2D eigenvalue weighted by molar-refractivity contribution is 0.117. The van der Waals surface area contributed by atoms with Crippen molar-refractivity contribution < 1.29 is 14.3 Å². The molecule has 2 atom stereocenters. The van der Waals surface area contributed by atoms with Crippen LogP contribution in [0.25, 0.3) is 4.85 Å². The lowest BCUT2D eigenvalue weighted by Crippen LogP contribution is -2.09. The average Bonchev–Trinajstić information content (AvgIpc) is 2.61. The summed E-state index contributed by atoms with van der Waals surface area (Å²) in [5.41, 5.74) is 0.777. The van der Waals surface area contributed by atoms with Gasteiger partial charge in [0.2, 0.25) is 6.10 Å². The monoisotopic (exact) mass is 189 g/mol. The number of hydrogen-bond acceptors (Lipinski definition) is 3. The van der Waals surface area contributed by atoms with Gasteiger partial charge >= 0.3 is 12.4 Å². The Hall–Kier alpha value is -2.02. The van der Waals surface area contributed by atoms with Crippen molar-refractivity contribution in [1.29, 1.82) is 0 Å². The molecular weight excluding hydrogens is 182 g/mol. The van der Waals surface area contributed by atoms with Crippen molar-refractivity contribution in [2.24, 2.45) is 0 Å². The Bertz CT molecular complexity index is 382. The number of cyclic esters (lactones) is 2. The Morgan fingerprint density at radius 2 is 1.93 bits per heavy atom. The molecule has 1 aromatic rings. The number of benzene rings is 1. The van der Waals surface area contributed by atoms with Gasteiger partial charge in [0.25, 0.3) is 0 Å². The van der Waals surface area contributed by atoms with Crippen LogP contribution in [0.15, 0.2) is 30.3 Å². The molecular formula is C10H7NO3. The quantitative estimate of drug-likeness (QED) is 0.502. The van der Waals surface area contributed by atoms with Crippen LogP contribution in [0, 0.1) is 6.57 Å². The minimum atomic E-state index is -0.857. The summed E-state index contributed by atoms with van der Waals surface area (Å²) >= 11 is 0. The van der Waals surface area contributed by atoms with E-state index in [2.05, 4.69) is 9.58 Å². The Balaban J connectivity index is 2.27. The maximum atomic E-state index is 10.8. The zero-order valence-corrected chi connectivity index (χ0v) is 7.21. The molecule has 1 aromatic carbocycles. The van der Waals surface area contributed by atoms with Crippen LogP contribution >= 0.6 is 0 Å². The second-order valence-electron chi connectivity index (χ2n) is 2.84. The van der Waals surface area contributed by atoms with E-state index in [1.807, 2.05) is 18.2 Å². The number of hydrogen-bond donors (Lipinski definition) is 0. The van der Waals surface area contributed by atoms with Crippen molar-refractivity contribution in [3.05, 3.63) is 47.3 Å². The molecule has 0 aromatic heterocycles. The van der Waals surface area contributed by atoms with Crippen molar-refractivity contribution in [1.82, 2.24) is 0 Å². The minimum absolute atomic E-state index is 0.596. The van der Waals surface area contributed by atoms with Crippen LogP contribution in [-0.2, 0) is 9.47 Å². The fraction of sp³-hybridized carbons (Fsp3) is 0.200. The van der Waals surface area contributed by atoms with Crippen LogP contribution in [-0.4, -0.2) is 12.4 Å². The van der Waals surface area contributed by atoms with Crippen molar-refractivity contribution in [3.63, 3.8) is 0 Å². The molecule has 2 rings (SSSR count). The normalized spacial score (nSPS) is 24.9. The molecule has 14 heavy (non-hydrogen) atoms. The van der Waals surface area contributed by atoms with E-state index in [0.29, 0.717) is 0 Å². The first kappa shape index (κ1) is 8.57. The van der Waals surface area contributed by atoms with E-state index in [9.17, 15) is 4.79 Å². The molecule has 0 bridgehead atoms. The van der Waals surface area contributed by atoms with E-state index in [1.54, 1.807) is 12.1 Å². The lowest BCUT2D eigenvalue weighted by atomic mass is 10.1. The summed E-state index contributed by atoms with van der Waals surface area (Å²) in [4.78, 5) is 14.0. The van der Waals surface area contributed by atoms with Gasteiger partial charge in [-0.2, -0.15) is 0 Å². The Kier molecular flexibility index (Phi) is 2.07. The van der Waals surface area contributed by atoms with Crippen LogP contribution in [0.2, 0.25) is 0 Å². The third-order valence-corrected chi connectivity index (χ3v) is 1.95. The topological polar surface area (TPSA) is 39.9 Å². The molecule has 1 fully saturated rings. The Morgan fingerprint density at radius 1 is 1.21 bits per heavy atom. The van der Waals surface area contributed by atoms with Crippen molar-refractivity contribution in [2.75, 3.05) is 0 Å². The molecule has 0 amide bonds. The van der Waals surface area contributed by atoms with Gasteiger partial charge in [-0.3, -0.25) is 4.85 Å². The van der Waals surface area contributed by atoms with Crippen LogP contribution in [0.4, 0.5) is 4.79 Å². The second-order valence-corrected chi connectivity index (χ2v) is 2.84. The number of carbonyl (C=O) groups is 1. The third-order valence-electron chi connectivity index (χ3n) is 1.95. The lowest BCUT2D eigenvalue weighted by Gasteiger charge is -2.05. The van der Waals surface area contributed by atoms with E-state index in [4.69, 9.17) is 11.3 Å². The summed E-state index contributed by atoms with van der Waals surface area (Å²) in [6.07, 6.45) is -2.23. The molecule has 1 heterocycles. The highest BCUT2D eigenvalue weighted by molar-refractivity contribution is 5.63. The molecule has 0 N–H and O–H groups in total. The van der Waals surface area contributed by atoms with Gasteiger partial charge in [0.05, 0.1) is 0 Å². The number of rotatable bonds is 1. The van der Waals surface area contributed by atoms with Crippen LogP contribution in [0.3, 0.4) is 0 Å². The molecule has 1 saturated heterocycles. The van der Waals surface area contributed by atoms with Crippen molar-refractivity contribution in [2.45, 2.75) is 12.3 Å². The second kappa shape index (κ2) is 3.38. The smallest absolute Gasteiger partial charge is 0.413 e. The van der Waals surface area contributed by atoms with Gasteiger partial charge in [0.15, 0.2) is 0 Å². The number of carbonyl (C=O) groups excluding carboxylic acids is 1. The van der Waals surface area contributed by atoms with E-state index in [-0.39, 0.29) is 0 Å². The summed E-state index contributed by atoms with van der Waals surface area (Å²) in [6, 6.07) is 9.09. The van der Waals surface area contributed by atoms with Crippen molar-refractivity contribution in [3.8, 4) is 0 Å². The molecule has 0 aliphatic carbocycles. The van der Waals surface area contributed by atoms with Gasteiger partial charge in [-0.05, 0) is 0 Å². The summed E-state index contributed by atoms with van der Waals surface area (Å²) in [7, 11) is 0. The number of nitrogens with zero attached hydrogens (tertiary/aromatic N) is 1. The third kappa shape index (κ3) is 1.40. The molecule has 4 nitrogen and oxygen atoms in total. The van der Waals surface area contributed by atoms with Gasteiger partial charge < -0.3 is 9.47 Å². The van der Waals surface area contributed by atoms with Crippen LogP contribution in [0.1, 0.15) is 11.7 Å². The summed E-state index contributed by atoms with van der Waals surface area (Å²) in [5, 5.41) is 0. The molecule has 0 radical (unpaired) electrons. The first-order valence-electron chi connectivity index (χ1n) is 4.10. The molecule has 70 valence electrons. The van der Waals surface area contributed by atoms with Gasteiger partial charge in [-0.25, -0.2) is 11.4 Å². The summed E-state index contributed by atoms with van der Waals surface area (Å²) in [6.45, 7) is 6.84. The average molecular weight is 189 g/mol. The largest absolute Gasteiger partial charge is 0.515 e. The van der Waals surface area contributed by atoms with Gasteiger partial charge in [0.1, 0.15) is 0 Å². The Labute approximate surface area is 80.9 Å². The van der Waals surface area contributed by atoms with Crippen LogP contribution in [0.5, 0.6) is 0 Å². The molecule has 4 heteroatoms. The standard InChI is InChI=1S/C10H7NO3/c1-11-9-8(13-10(12)14-9)7-5-3-2-4-6-7/h2-6,8-9H. The summed E-state index contributed by atoms with van der Waals surface area (Å²) in [5.74, 6) is 0. The molecule has 0 spiro atoms. The van der Waals surface area contributed by atoms with E-state index in [1.165, 1.54) is 0 Å². The Morgan fingerprint density at radius 3 is 2.57 bits per heavy atom. The zero-order valence-electron chi connectivity index (χ0n) is 7.21. The first-order chi connectivity index (χ1) is 6.81. The zero-order chi connectivity index (χ0) is 9.97. The SMILES string of the molecule is [C-]#[N+]C1OC(=O)OC1c1ccccc1. The predicted molar refractivity (Wildman–Crippen MR) is 47.1 cm³/mol. The van der Waals surface area contributed by atoms with Gasteiger partial charge in [-0.15, -0.1) is 0 Å². The first-order valence-corrected chi connectivity index (χ1v) is 4.10. The van der Waals surface area contributed by atoms with Gasteiger partial charge in [0, 0.05) is 5.56 Å². The minimum Gasteiger partial charge on any atom is -0.413 e. The highest BCUT2D eigenvalue weighted by Gasteiger charge is 2.42. The summed E-state index contributed by atoms with van der Waals surface area (Å²) < 4.78 is 9.54. The van der Waals surface area contributed by atoms with E-state index < -0.39 is 18.5 Å². The molecule has 2 unspecified atom stereocenters. The molecule has 1 aliphatic rings.